The zero-order chi connectivity index (χ0) is 15.4. The number of aryl methyl sites for hydroxylation is 1. The van der Waals surface area contributed by atoms with E-state index >= 15 is 0 Å². The number of halogens is 3. The minimum atomic E-state index is -2.88. The number of alkyl halides is 2. The first-order valence-electron chi connectivity index (χ1n) is 6.31. The average molecular weight is 317 g/mol. The summed E-state index contributed by atoms with van der Waals surface area (Å²) in [7, 11) is 0. The number of aromatic amines is 1. The normalized spacial score (nSPS) is 12.7. The summed E-state index contributed by atoms with van der Waals surface area (Å²) in [5.41, 5.74) is 0.543. The standard InChI is InChI=1S/C13H15ClF2N4O/c1-7(12-18-8(2)19-20-12)17-6-9-5-10(14)3-4-11(9)21-13(15)16/h3-5,7,13,17H,6H2,1-2H3,(H,18,19,20). The molecule has 0 aliphatic heterocycles. The van der Waals surface area contributed by atoms with Gasteiger partial charge in [-0.15, -0.1) is 0 Å². The van der Waals surface area contributed by atoms with Crippen molar-refractivity contribution in [2.75, 3.05) is 0 Å². The van der Waals surface area contributed by atoms with Gasteiger partial charge in [-0.1, -0.05) is 11.6 Å². The Bertz CT molecular complexity index is 606. The minimum absolute atomic E-state index is 0.0975. The lowest BCUT2D eigenvalue weighted by atomic mass is 10.2. The molecule has 0 amide bonds. The number of benzene rings is 1. The summed E-state index contributed by atoms with van der Waals surface area (Å²) in [5.74, 6) is 1.41. The van der Waals surface area contributed by atoms with Gasteiger partial charge in [-0.3, -0.25) is 5.10 Å². The van der Waals surface area contributed by atoms with Gasteiger partial charge in [0.05, 0.1) is 6.04 Å². The molecule has 1 aromatic heterocycles. The molecule has 1 aromatic carbocycles. The molecule has 0 fully saturated rings. The van der Waals surface area contributed by atoms with Gasteiger partial charge in [-0.2, -0.15) is 13.9 Å². The molecule has 0 bridgehead atoms. The number of hydrogen-bond acceptors (Lipinski definition) is 4. The highest BCUT2D eigenvalue weighted by Crippen LogP contribution is 2.25. The lowest BCUT2D eigenvalue weighted by Crippen LogP contribution is -2.20. The van der Waals surface area contributed by atoms with Crippen molar-refractivity contribution >= 4 is 11.6 Å². The van der Waals surface area contributed by atoms with E-state index in [-0.39, 0.29) is 11.8 Å². The molecule has 8 heteroatoms. The monoisotopic (exact) mass is 316 g/mol. The second-order valence-electron chi connectivity index (χ2n) is 4.51. The fraction of sp³-hybridized carbons (Fsp3) is 0.385. The molecule has 0 saturated carbocycles. The summed E-state index contributed by atoms with van der Waals surface area (Å²) in [5, 5.41) is 10.4. The van der Waals surface area contributed by atoms with Gasteiger partial charge >= 0.3 is 6.61 Å². The highest BCUT2D eigenvalue weighted by Gasteiger charge is 2.14. The molecule has 114 valence electrons. The van der Waals surface area contributed by atoms with Gasteiger partial charge in [-0.05, 0) is 32.0 Å². The molecule has 2 rings (SSSR count). The minimum Gasteiger partial charge on any atom is -0.434 e. The highest BCUT2D eigenvalue weighted by atomic mass is 35.5. The van der Waals surface area contributed by atoms with Crippen LogP contribution in [0.15, 0.2) is 18.2 Å². The molecular weight excluding hydrogens is 302 g/mol. The van der Waals surface area contributed by atoms with Crippen LogP contribution < -0.4 is 10.1 Å². The summed E-state index contributed by atoms with van der Waals surface area (Å²) < 4.78 is 29.2. The number of nitrogens with one attached hydrogen (secondary N) is 2. The third kappa shape index (κ3) is 4.37. The van der Waals surface area contributed by atoms with Crippen LogP contribution in [0.4, 0.5) is 8.78 Å². The van der Waals surface area contributed by atoms with Crippen molar-refractivity contribution in [1.29, 1.82) is 0 Å². The van der Waals surface area contributed by atoms with Crippen LogP contribution >= 0.6 is 11.6 Å². The number of hydrogen-bond donors (Lipinski definition) is 2. The lowest BCUT2D eigenvalue weighted by Gasteiger charge is -2.14. The van der Waals surface area contributed by atoms with E-state index in [4.69, 9.17) is 11.6 Å². The topological polar surface area (TPSA) is 62.8 Å². The van der Waals surface area contributed by atoms with E-state index in [9.17, 15) is 8.78 Å². The summed E-state index contributed by atoms with van der Waals surface area (Å²) in [6, 6.07) is 4.37. The Kier molecular flexibility index (Phi) is 5.08. The van der Waals surface area contributed by atoms with E-state index in [1.54, 1.807) is 13.0 Å². The Balaban J connectivity index is 2.06. The zero-order valence-electron chi connectivity index (χ0n) is 11.5. The Morgan fingerprint density at radius 1 is 1.43 bits per heavy atom. The maximum atomic E-state index is 12.4. The van der Waals surface area contributed by atoms with Crippen molar-refractivity contribution in [3.05, 3.63) is 40.4 Å². The molecule has 1 atom stereocenters. The summed E-state index contributed by atoms with van der Waals surface area (Å²) >= 11 is 5.89. The number of nitrogens with zero attached hydrogens (tertiary/aromatic N) is 2. The Labute approximate surface area is 125 Å². The van der Waals surface area contributed by atoms with Crippen molar-refractivity contribution < 1.29 is 13.5 Å². The Morgan fingerprint density at radius 3 is 2.81 bits per heavy atom. The maximum absolute atomic E-state index is 12.4. The number of rotatable bonds is 6. The van der Waals surface area contributed by atoms with Crippen molar-refractivity contribution in [1.82, 2.24) is 20.5 Å². The van der Waals surface area contributed by atoms with Crippen LogP contribution in [0.5, 0.6) is 5.75 Å². The molecule has 1 unspecified atom stereocenters. The second kappa shape index (κ2) is 6.82. The first-order chi connectivity index (χ1) is 9.95. The molecule has 2 aromatic rings. The van der Waals surface area contributed by atoms with Crippen molar-refractivity contribution in [2.24, 2.45) is 0 Å². The van der Waals surface area contributed by atoms with Crippen LogP contribution in [0.25, 0.3) is 0 Å². The molecular formula is C13H15ClF2N4O. The fourth-order valence-electron chi connectivity index (χ4n) is 1.81. The van der Waals surface area contributed by atoms with Crippen LogP contribution in [-0.4, -0.2) is 21.8 Å². The Morgan fingerprint density at radius 2 is 2.19 bits per heavy atom. The summed E-state index contributed by atoms with van der Waals surface area (Å²) in [4.78, 5) is 4.20. The maximum Gasteiger partial charge on any atom is 0.387 e. The number of aromatic nitrogens is 3. The van der Waals surface area contributed by atoms with Gasteiger partial charge in [0.25, 0.3) is 0 Å². The smallest absolute Gasteiger partial charge is 0.387 e. The first kappa shape index (κ1) is 15.7. The predicted molar refractivity (Wildman–Crippen MR) is 74.5 cm³/mol. The van der Waals surface area contributed by atoms with E-state index in [0.717, 1.165) is 0 Å². The predicted octanol–water partition coefficient (Wildman–Crippen LogP) is 3.22. The van der Waals surface area contributed by atoms with Crippen LogP contribution in [0.2, 0.25) is 5.02 Å². The SMILES string of the molecule is Cc1nc(C(C)NCc2cc(Cl)ccc2OC(F)F)n[nH]1. The highest BCUT2D eigenvalue weighted by molar-refractivity contribution is 6.30. The quantitative estimate of drug-likeness (QED) is 0.859. The van der Waals surface area contributed by atoms with E-state index < -0.39 is 6.61 Å². The van der Waals surface area contributed by atoms with Gasteiger partial charge in [0.1, 0.15) is 11.6 Å². The molecule has 21 heavy (non-hydrogen) atoms. The van der Waals surface area contributed by atoms with Gasteiger partial charge < -0.3 is 10.1 Å². The van der Waals surface area contributed by atoms with Crippen molar-refractivity contribution in [3.63, 3.8) is 0 Å². The second-order valence-corrected chi connectivity index (χ2v) is 4.95. The largest absolute Gasteiger partial charge is 0.434 e. The van der Waals surface area contributed by atoms with Crippen LogP contribution in [0.3, 0.4) is 0 Å². The van der Waals surface area contributed by atoms with Gasteiger partial charge in [0.15, 0.2) is 5.82 Å². The summed E-state index contributed by atoms with van der Waals surface area (Å²) in [6.07, 6.45) is 0. The third-order valence-electron chi connectivity index (χ3n) is 2.84. The molecule has 1 heterocycles. The van der Waals surface area contributed by atoms with Crippen molar-refractivity contribution in [2.45, 2.75) is 33.0 Å². The first-order valence-corrected chi connectivity index (χ1v) is 6.69. The molecule has 0 spiro atoms. The number of ether oxygens (including phenoxy) is 1. The van der Waals surface area contributed by atoms with E-state index in [2.05, 4.69) is 25.2 Å². The van der Waals surface area contributed by atoms with E-state index in [0.29, 0.717) is 28.8 Å². The van der Waals surface area contributed by atoms with Gasteiger partial charge in [0, 0.05) is 17.1 Å². The van der Waals surface area contributed by atoms with E-state index in [1.165, 1.54) is 12.1 Å². The lowest BCUT2D eigenvalue weighted by molar-refractivity contribution is -0.0505. The molecule has 0 saturated heterocycles. The van der Waals surface area contributed by atoms with E-state index in [1.807, 2.05) is 6.92 Å². The van der Waals surface area contributed by atoms with Gasteiger partial charge in [0.2, 0.25) is 0 Å². The van der Waals surface area contributed by atoms with Gasteiger partial charge in [-0.25, -0.2) is 4.98 Å². The average Bonchev–Trinajstić information content (AvgIpc) is 2.85. The fourth-order valence-corrected chi connectivity index (χ4v) is 2.00. The Hall–Kier alpha value is -1.73. The van der Waals surface area contributed by atoms with Crippen molar-refractivity contribution in [3.8, 4) is 5.75 Å². The molecule has 5 nitrogen and oxygen atoms in total. The number of H-pyrrole nitrogens is 1. The summed E-state index contributed by atoms with van der Waals surface area (Å²) in [6.45, 7) is 1.10. The van der Waals surface area contributed by atoms with Crippen LogP contribution in [0, 0.1) is 6.92 Å². The zero-order valence-corrected chi connectivity index (χ0v) is 12.3. The third-order valence-corrected chi connectivity index (χ3v) is 3.07. The molecule has 2 N–H and O–H groups in total. The molecule has 0 radical (unpaired) electrons. The molecule has 0 aliphatic carbocycles. The molecule has 0 aliphatic rings. The van der Waals surface area contributed by atoms with Crippen LogP contribution in [0.1, 0.15) is 30.2 Å². The van der Waals surface area contributed by atoms with Crippen LogP contribution in [-0.2, 0) is 6.54 Å².